The molecule has 8 nitrogen and oxygen atoms in total. The molecule has 2 atom stereocenters. The Balaban J connectivity index is 1.55. The molecule has 1 N–H and O–H groups in total. The molecule has 0 radical (unpaired) electrons. The van der Waals surface area contributed by atoms with E-state index in [-0.39, 0.29) is 31.0 Å². The van der Waals surface area contributed by atoms with E-state index in [9.17, 15) is 9.59 Å². The topological polar surface area (TPSA) is 97.6 Å². The Morgan fingerprint density at radius 1 is 1.42 bits per heavy atom. The molecule has 8 heteroatoms. The summed E-state index contributed by atoms with van der Waals surface area (Å²) in [5, 5.41) is 6.62. The lowest BCUT2D eigenvalue weighted by Gasteiger charge is -2.40. The van der Waals surface area contributed by atoms with E-state index in [1.807, 2.05) is 13.0 Å². The second-order valence-corrected chi connectivity index (χ2v) is 6.65. The van der Waals surface area contributed by atoms with E-state index < -0.39 is 12.1 Å². The first kappa shape index (κ1) is 16.7. The number of aromatic nitrogens is 2. The maximum atomic E-state index is 12.8. The molecule has 1 saturated carbocycles. The number of nitrogens with one attached hydrogen (secondary N) is 1. The molecule has 1 saturated heterocycles. The van der Waals surface area contributed by atoms with Crippen LogP contribution in [0.1, 0.15) is 35.9 Å². The minimum atomic E-state index is -0.790. The second kappa shape index (κ2) is 6.87. The monoisotopic (exact) mass is 356 g/mol. The molecule has 2 aliphatic rings. The number of amides is 2. The van der Waals surface area contributed by atoms with Crippen LogP contribution < -0.4 is 5.32 Å². The van der Waals surface area contributed by atoms with Crippen LogP contribution in [-0.4, -0.2) is 45.6 Å². The van der Waals surface area contributed by atoms with E-state index in [1.165, 1.54) is 0 Å². The number of rotatable bonds is 5. The van der Waals surface area contributed by atoms with Crippen LogP contribution >= 0.6 is 0 Å². The first-order valence-electron chi connectivity index (χ1n) is 8.66. The van der Waals surface area contributed by atoms with Crippen LogP contribution in [0, 0.1) is 6.92 Å². The predicted molar refractivity (Wildman–Crippen MR) is 89.7 cm³/mol. The Hall–Kier alpha value is -2.74. The lowest BCUT2D eigenvalue weighted by molar-refractivity contribution is -0.165. The van der Waals surface area contributed by atoms with Gasteiger partial charge in [-0.25, -0.2) is 0 Å². The van der Waals surface area contributed by atoms with Crippen molar-refractivity contribution in [2.24, 2.45) is 0 Å². The normalized spacial score (nSPS) is 23.1. The zero-order valence-corrected chi connectivity index (χ0v) is 14.4. The Morgan fingerprint density at radius 3 is 2.92 bits per heavy atom. The van der Waals surface area contributed by atoms with E-state index >= 15 is 0 Å². The third-order valence-electron chi connectivity index (χ3n) is 4.60. The highest BCUT2D eigenvalue weighted by Gasteiger charge is 2.47. The molecule has 2 amide bonds. The summed E-state index contributed by atoms with van der Waals surface area (Å²) in [5.74, 6) is 0.196. The molecular weight excluding hydrogens is 336 g/mol. The van der Waals surface area contributed by atoms with Crippen molar-refractivity contribution in [3.63, 3.8) is 0 Å². The van der Waals surface area contributed by atoms with Crippen LogP contribution in [0.4, 0.5) is 0 Å². The smallest absolute Gasteiger partial charge is 0.252 e. The Bertz CT molecular complexity index is 803. The summed E-state index contributed by atoms with van der Waals surface area (Å²) in [6.07, 6.45) is 4.46. The van der Waals surface area contributed by atoms with Gasteiger partial charge in [-0.1, -0.05) is 11.2 Å². The molecule has 0 unspecified atom stereocenters. The molecule has 0 aromatic carbocycles. The highest BCUT2D eigenvalue weighted by atomic mass is 16.5. The molecule has 1 aliphatic heterocycles. The Kier molecular flexibility index (Phi) is 4.42. The summed E-state index contributed by atoms with van der Waals surface area (Å²) in [6, 6.07) is 5.12. The van der Waals surface area contributed by atoms with Crippen LogP contribution in [0.3, 0.4) is 0 Å². The van der Waals surface area contributed by atoms with Crippen LogP contribution in [0.15, 0.2) is 35.1 Å². The first-order valence-corrected chi connectivity index (χ1v) is 8.66. The number of aryl methyl sites for hydroxylation is 1. The number of nitrogens with zero attached hydrogens (tertiary/aromatic N) is 3. The second-order valence-electron chi connectivity index (χ2n) is 6.65. The molecule has 2 aromatic heterocycles. The van der Waals surface area contributed by atoms with Gasteiger partial charge in [-0.2, -0.15) is 0 Å². The maximum absolute atomic E-state index is 12.8. The van der Waals surface area contributed by atoms with Crippen molar-refractivity contribution in [1.82, 2.24) is 20.4 Å². The first-order chi connectivity index (χ1) is 12.6. The molecule has 0 spiro atoms. The molecule has 2 aromatic rings. The summed E-state index contributed by atoms with van der Waals surface area (Å²) in [7, 11) is 0. The number of carbonyl (C=O) groups excluding carboxylic acids is 2. The van der Waals surface area contributed by atoms with Gasteiger partial charge in [0.2, 0.25) is 5.91 Å². The molecule has 136 valence electrons. The maximum Gasteiger partial charge on any atom is 0.252 e. The van der Waals surface area contributed by atoms with Gasteiger partial charge in [-0.15, -0.1) is 0 Å². The largest absolute Gasteiger partial charge is 0.359 e. The van der Waals surface area contributed by atoms with Gasteiger partial charge in [-0.3, -0.25) is 14.6 Å². The summed E-state index contributed by atoms with van der Waals surface area (Å²) in [4.78, 5) is 31.2. The number of pyridine rings is 1. The highest BCUT2D eigenvalue weighted by Crippen LogP contribution is 2.39. The third-order valence-corrected chi connectivity index (χ3v) is 4.60. The lowest BCUT2D eigenvalue weighted by atomic mass is 9.98. The number of ether oxygens (including phenoxy) is 1. The zero-order chi connectivity index (χ0) is 18.1. The van der Waals surface area contributed by atoms with Crippen molar-refractivity contribution in [1.29, 1.82) is 0 Å². The predicted octanol–water partition coefficient (Wildman–Crippen LogP) is 1.13. The van der Waals surface area contributed by atoms with Gasteiger partial charge < -0.3 is 19.5 Å². The number of morpholine rings is 1. The van der Waals surface area contributed by atoms with Crippen molar-refractivity contribution in [2.45, 2.75) is 44.5 Å². The fraction of sp³-hybridized carbons (Fsp3) is 0.444. The van der Waals surface area contributed by atoms with E-state index in [2.05, 4.69) is 15.5 Å². The minimum Gasteiger partial charge on any atom is -0.359 e. The summed E-state index contributed by atoms with van der Waals surface area (Å²) >= 11 is 0. The molecule has 0 bridgehead atoms. The average Bonchev–Trinajstić information content (AvgIpc) is 3.41. The summed E-state index contributed by atoms with van der Waals surface area (Å²) in [6.45, 7) is 1.94. The number of hydrogen-bond acceptors (Lipinski definition) is 6. The van der Waals surface area contributed by atoms with Crippen LogP contribution in [0.25, 0.3) is 0 Å². The van der Waals surface area contributed by atoms with E-state index in [4.69, 9.17) is 9.26 Å². The van der Waals surface area contributed by atoms with Gasteiger partial charge in [0.05, 0.1) is 18.3 Å². The van der Waals surface area contributed by atoms with Crippen molar-refractivity contribution in [3.8, 4) is 0 Å². The van der Waals surface area contributed by atoms with Crippen molar-refractivity contribution >= 4 is 11.8 Å². The molecular formula is C18H20N4O4. The van der Waals surface area contributed by atoms with E-state index in [0.29, 0.717) is 5.76 Å². The Morgan fingerprint density at radius 2 is 2.27 bits per heavy atom. The average molecular weight is 356 g/mol. The fourth-order valence-electron chi connectivity index (χ4n) is 3.29. The van der Waals surface area contributed by atoms with Crippen molar-refractivity contribution in [3.05, 3.63) is 47.6 Å². The van der Waals surface area contributed by atoms with Gasteiger partial charge in [0.15, 0.2) is 11.9 Å². The van der Waals surface area contributed by atoms with Crippen LogP contribution in [-0.2, 0) is 20.9 Å². The highest BCUT2D eigenvalue weighted by molar-refractivity contribution is 5.86. The molecule has 26 heavy (non-hydrogen) atoms. The number of carbonyl (C=O) groups is 2. The molecule has 1 aliphatic carbocycles. The molecule has 4 rings (SSSR count). The van der Waals surface area contributed by atoms with Gasteiger partial charge in [-0.05, 0) is 31.4 Å². The van der Waals surface area contributed by atoms with Gasteiger partial charge in [0.25, 0.3) is 5.91 Å². The SMILES string of the molecule is Cc1cc(CNC(=O)[C@H]2OCC(=O)N(C3CC3)[C@@H]2c2cccnc2)on1. The van der Waals surface area contributed by atoms with Crippen molar-refractivity contribution < 1.29 is 18.8 Å². The van der Waals surface area contributed by atoms with E-state index in [1.54, 1.807) is 29.4 Å². The summed E-state index contributed by atoms with van der Waals surface area (Å²) < 4.78 is 10.8. The third kappa shape index (κ3) is 3.32. The van der Waals surface area contributed by atoms with Crippen LogP contribution in [0.2, 0.25) is 0 Å². The van der Waals surface area contributed by atoms with Gasteiger partial charge in [0.1, 0.15) is 6.61 Å². The Labute approximate surface area is 150 Å². The van der Waals surface area contributed by atoms with Gasteiger partial charge in [0, 0.05) is 24.5 Å². The standard InChI is InChI=1S/C18H20N4O4/c1-11-7-14(26-21-11)9-20-18(24)17-16(12-3-2-6-19-8-12)22(13-4-5-13)15(23)10-25-17/h2-3,6-8,13,16-17H,4-5,9-10H2,1H3,(H,20,24)/t16-,17+/m1/s1. The van der Waals surface area contributed by atoms with Crippen LogP contribution in [0.5, 0.6) is 0 Å². The quantitative estimate of drug-likeness (QED) is 0.862. The fourth-order valence-corrected chi connectivity index (χ4v) is 3.29. The van der Waals surface area contributed by atoms with Gasteiger partial charge >= 0.3 is 0 Å². The number of hydrogen-bond donors (Lipinski definition) is 1. The van der Waals surface area contributed by atoms with Crippen molar-refractivity contribution in [2.75, 3.05) is 6.61 Å². The lowest BCUT2D eigenvalue weighted by Crippen LogP contribution is -2.55. The summed E-state index contributed by atoms with van der Waals surface area (Å²) in [5.41, 5.74) is 1.55. The zero-order valence-electron chi connectivity index (χ0n) is 14.4. The minimum absolute atomic E-state index is 0.0868. The molecule has 3 heterocycles. The molecule has 2 fully saturated rings. The van der Waals surface area contributed by atoms with E-state index in [0.717, 1.165) is 24.1 Å².